The van der Waals surface area contributed by atoms with Gasteiger partial charge in [0.05, 0.1) is 0 Å². The molecule has 0 radical (unpaired) electrons. The van der Waals surface area contributed by atoms with Crippen LogP contribution in [-0.2, 0) is 0 Å². The fourth-order valence-corrected chi connectivity index (χ4v) is 2.54. The number of aromatic nitrogens is 1. The fourth-order valence-electron chi connectivity index (χ4n) is 2.41. The lowest BCUT2D eigenvalue weighted by molar-refractivity contribution is 0.545. The summed E-state index contributed by atoms with van der Waals surface area (Å²) >= 11 is 5.69. The molecule has 0 saturated heterocycles. The van der Waals surface area contributed by atoms with Gasteiger partial charge in [0, 0.05) is 23.9 Å². The van der Waals surface area contributed by atoms with Gasteiger partial charge in [-0.25, -0.2) is 22.5 Å². The number of allylic oxidation sites excluding steroid dienone is 3. The average Bonchev–Trinajstić information content (AvgIpc) is 2.50. The third-order valence-corrected chi connectivity index (χ3v) is 3.79. The summed E-state index contributed by atoms with van der Waals surface area (Å²) in [5.41, 5.74) is 0.383. The van der Waals surface area contributed by atoms with Gasteiger partial charge in [0.2, 0.25) is 0 Å². The van der Waals surface area contributed by atoms with E-state index >= 15 is 0 Å². The van der Waals surface area contributed by atoms with Gasteiger partial charge >= 0.3 is 0 Å². The van der Waals surface area contributed by atoms with Gasteiger partial charge in [-0.1, -0.05) is 30.8 Å². The van der Waals surface area contributed by atoms with E-state index < -0.39 is 34.1 Å². The van der Waals surface area contributed by atoms with E-state index in [2.05, 4.69) is 18.1 Å². The molecule has 0 unspecified atom stereocenters. The SMILES string of the molecule is C=CC1=CN(c2c(F)cc(F)cc2F)c2nc(Cl)c(F)cc2C1=C. The van der Waals surface area contributed by atoms with Gasteiger partial charge in [-0.2, -0.15) is 0 Å². The summed E-state index contributed by atoms with van der Waals surface area (Å²) in [4.78, 5) is 4.87. The molecule has 0 fully saturated rings. The molecule has 122 valence electrons. The monoisotopic (exact) mass is 352 g/mol. The molecule has 2 nitrogen and oxygen atoms in total. The Morgan fingerprint density at radius 1 is 1.04 bits per heavy atom. The molecular formula is C17H9ClF4N2. The number of nitrogens with zero attached hydrogens (tertiary/aromatic N) is 2. The molecule has 0 N–H and O–H groups in total. The molecule has 0 bridgehead atoms. The second-order valence-corrected chi connectivity index (χ2v) is 5.35. The normalized spacial score (nSPS) is 13.6. The van der Waals surface area contributed by atoms with Crippen molar-refractivity contribution in [3.63, 3.8) is 0 Å². The highest BCUT2D eigenvalue weighted by Crippen LogP contribution is 2.42. The van der Waals surface area contributed by atoms with Gasteiger partial charge in [-0.15, -0.1) is 0 Å². The summed E-state index contributed by atoms with van der Waals surface area (Å²) in [6.45, 7) is 7.39. The molecule has 0 aliphatic carbocycles. The third kappa shape index (κ3) is 2.49. The Balaban J connectivity index is 2.32. The van der Waals surface area contributed by atoms with Crippen LogP contribution in [0.5, 0.6) is 0 Å². The van der Waals surface area contributed by atoms with Gasteiger partial charge in [0.1, 0.15) is 17.3 Å². The molecule has 0 atom stereocenters. The maximum Gasteiger partial charge on any atom is 0.167 e. The number of halogens is 5. The van der Waals surface area contributed by atoms with Crippen molar-refractivity contribution in [1.29, 1.82) is 0 Å². The van der Waals surface area contributed by atoms with Gasteiger partial charge < -0.3 is 0 Å². The first-order valence-electron chi connectivity index (χ1n) is 6.67. The molecule has 2 aromatic rings. The van der Waals surface area contributed by atoms with Crippen LogP contribution in [-0.4, -0.2) is 4.98 Å². The predicted molar refractivity (Wildman–Crippen MR) is 85.0 cm³/mol. The van der Waals surface area contributed by atoms with Crippen molar-refractivity contribution >= 4 is 28.7 Å². The van der Waals surface area contributed by atoms with Crippen molar-refractivity contribution < 1.29 is 17.6 Å². The lowest BCUT2D eigenvalue weighted by Crippen LogP contribution is -2.20. The minimum atomic E-state index is -1.15. The first-order chi connectivity index (χ1) is 11.3. The van der Waals surface area contributed by atoms with E-state index in [0.717, 1.165) is 11.0 Å². The lowest BCUT2D eigenvalue weighted by Gasteiger charge is -2.29. The number of fused-ring (bicyclic) bond motifs is 1. The van der Waals surface area contributed by atoms with Crippen LogP contribution in [0.2, 0.25) is 5.15 Å². The minimum Gasteiger partial charge on any atom is -0.295 e. The molecule has 24 heavy (non-hydrogen) atoms. The summed E-state index contributed by atoms with van der Waals surface area (Å²) < 4.78 is 55.2. The topological polar surface area (TPSA) is 16.1 Å². The van der Waals surface area contributed by atoms with Crippen LogP contribution >= 0.6 is 11.6 Å². The van der Waals surface area contributed by atoms with Crippen LogP contribution in [0.25, 0.3) is 5.57 Å². The van der Waals surface area contributed by atoms with E-state index in [-0.39, 0.29) is 11.4 Å². The highest BCUT2D eigenvalue weighted by atomic mass is 35.5. The van der Waals surface area contributed by atoms with Gasteiger partial charge in [0.25, 0.3) is 0 Å². The summed E-state index contributed by atoms with van der Waals surface area (Å²) in [5.74, 6) is -4.18. The molecule has 1 aromatic heterocycles. The van der Waals surface area contributed by atoms with Crippen LogP contribution in [0.1, 0.15) is 5.56 Å². The van der Waals surface area contributed by atoms with E-state index in [9.17, 15) is 17.6 Å². The van der Waals surface area contributed by atoms with Gasteiger partial charge in [-0.3, -0.25) is 4.90 Å². The lowest BCUT2D eigenvalue weighted by atomic mass is 9.96. The van der Waals surface area contributed by atoms with E-state index in [1.165, 1.54) is 12.3 Å². The zero-order valence-corrected chi connectivity index (χ0v) is 12.8. The molecule has 1 aliphatic heterocycles. The van der Waals surface area contributed by atoms with E-state index in [4.69, 9.17) is 11.6 Å². The summed E-state index contributed by atoms with van der Waals surface area (Å²) in [7, 11) is 0. The first-order valence-corrected chi connectivity index (χ1v) is 7.05. The van der Waals surface area contributed by atoms with Crippen molar-refractivity contribution in [3.05, 3.63) is 83.2 Å². The van der Waals surface area contributed by atoms with Crippen molar-refractivity contribution in [2.75, 3.05) is 4.90 Å². The van der Waals surface area contributed by atoms with Crippen LogP contribution < -0.4 is 4.90 Å². The largest absolute Gasteiger partial charge is 0.295 e. The second kappa shape index (κ2) is 5.79. The molecular weight excluding hydrogens is 344 g/mol. The van der Waals surface area contributed by atoms with Crippen LogP contribution in [0.4, 0.5) is 29.1 Å². The Morgan fingerprint density at radius 3 is 2.25 bits per heavy atom. The smallest absolute Gasteiger partial charge is 0.167 e. The molecule has 0 spiro atoms. The summed E-state index contributed by atoms with van der Waals surface area (Å²) in [6, 6.07) is 2.14. The minimum absolute atomic E-state index is 0.0265. The summed E-state index contributed by atoms with van der Waals surface area (Å²) in [6.07, 6.45) is 2.71. The van der Waals surface area contributed by atoms with E-state index in [1.807, 2.05) is 0 Å². The molecule has 1 aliphatic rings. The Morgan fingerprint density at radius 2 is 1.67 bits per heavy atom. The van der Waals surface area contributed by atoms with Crippen LogP contribution in [0, 0.1) is 23.3 Å². The standard InChI is InChI=1S/C17H9ClF4N2/c1-3-9-7-24(15-12(20)4-10(19)5-13(15)21)17-11(8(9)2)6-14(22)16(18)23-17/h3-7H,1-2H2. The Hall–Kier alpha value is -2.60. The highest BCUT2D eigenvalue weighted by molar-refractivity contribution is 6.29. The maximum absolute atomic E-state index is 14.2. The Bertz CT molecular complexity index is 898. The quantitative estimate of drug-likeness (QED) is 0.522. The number of anilines is 2. The van der Waals surface area contributed by atoms with Gasteiger partial charge in [-0.05, 0) is 17.2 Å². The Labute approximate surface area is 140 Å². The number of hydrogen-bond acceptors (Lipinski definition) is 2. The fraction of sp³-hybridized carbons (Fsp3) is 0. The second-order valence-electron chi connectivity index (χ2n) is 4.99. The van der Waals surface area contributed by atoms with E-state index in [1.54, 1.807) is 0 Å². The molecule has 3 rings (SSSR count). The molecule has 0 amide bonds. The predicted octanol–water partition coefficient (Wildman–Crippen LogP) is 5.53. The molecule has 1 aromatic carbocycles. The summed E-state index contributed by atoms with van der Waals surface area (Å²) in [5, 5.41) is -0.468. The van der Waals surface area contributed by atoms with Crippen molar-refractivity contribution in [2.24, 2.45) is 0 Å². The molecule has 2 heterocycles. The van der Waals surface area contributed by atoms with Crippen LogP contribution in [0.3, 0.4) is 0 Å². The zero-order chi connectivity index (χ0) is 17.6. The van der Waals surface area contributed by atoms with Crippen molar-refractivity contribution in [2.45, 2.75) is 0 Å². The highest BCUT2D eigenvalue weighted by Gasteiger charge is 2.28. The zero-order valence-electron chi connectivity index (χ0n) is 12.1. The van der Waals surface area contributed by atoms with Gasteiger partial charge in [0.15, 0.2) is 22.6 Å². The van der Waals surface area contributed by atoms with Crippen LogP contribution in [0.15, 0.2) is 49.2 Å². The molecule has 0 saturated carbocycles. The number of rotatable bonds is 2. The maximum atomic E-state index is 14.2. The average molecular weight is 353 g/mol. The number of hydrogen-bond donors (Lipinski definition) is 0. The number of benzene rings is 1. The third-order valence-electron chi connectivity index (χ3n) is 3.53. The molecule has 7 heteroatoms. The Kier molecular flexibility index (Phi) is 3.93. The van der Waals surface area contributed by atoms with Crippen molar-refractivity contribution in [3.8, 4) is 0 Å². The van der Waals surface area contributed by atoms with Crippen molar-refractivity contribution in [1.82, 2.24) is 4.98 Å². The number of pyridine rings is 1. The first kappa shape index (κ1) is 16.3. The van der Waals surface area contributed by atoms with E-state index in [0.29, 0.717) is 23.3 Å².